The van der Waals surface area contributed by atoms with Gasteiger partial charge >= 0.3 is 0 Å². The van der Waals surface area contributed by atoms with Crippen molar-refractivity contribution in [2.75, 3.05) is 4.90 Å². The molecule has 0 N–H and O–H groups in total. The second-order valence-corrected chi connectivity index (χ2v) is 7.47. The Morgan fingerprint density at radius 2 is 1.83 bits per heavy atom. The Balaban J connectivity index is 1.86. The second-order valence-electron chi connectivity index (χ2n) is 7.07. The number of ketones is 1. The first-order valence-electron chi connectivity index (χ1n) is 9.15. The number of nitro benzene ring substituents is 1. The summed E-state index contributed by atoms with van der Waals surface area (Å²) in [6, 6.07) is 9.95. The molecule has 1 unspecified atom stereocenters. The fraction of sp³-hybridized carbons (Fsp3) is 0.238. The highest BCUT2D eigenvalue weighted by Crippen LogP contribution is 2.44. The van der Waals surface area contributed by atoms with Crippen molar-refractivity contribution in [1.29, 1.82) is 0 Å². The number of rotatable bonds is 3. The van der Waals surface area contributed by atoms with Gasteiger partial charge in [0.25, 0.3) is 5.69 Å². The minimum atomic E-state index is -0.608. The van der Waals surface area contributed by atoms with E-state index < -0.39 is 16.7 Å². The van der Waals surface area contributed by atoms with E-state index in [-0.39, 0.29) is 28.8 Å². The van der Waals surface area contributed by atoms with Gasteiger partial charge in [-0.15, -0.1) is 0 Å². The molecule has 0 radical (unpaired) electrons. The van der Waals surface area contributed by atoms with E-state index in [4.69, 9.17) is 11.6 Å². The first-order valence-corrected chi connectivity index (χ1v) is 9.53. The summed E-state index contributed by atoms with van der Waals surface area (Å²) in [5, 5.41) is 11.2. The number of Topliss-reactive ketones (excluding diaryl/α,β-unsaturated/α-hetero) is 1. The van der Waals surface area contributed by atoms with Gasteiger partial charge in [0.2, 0.25) is 5.91 Å². The highest BCUT2D eigenvalue weighted by Gasteiger charge is 2.40. The average molecular weight is 415 g/mol. The first-order chi connectivity index (χ1) is 13.9. The van der Waals surface area contributed by atoms with Crippen molar-refractivity contribution in [1.82, 2.24) is 0 Å². The first kappa shape index (κ1) is 19.3. The summed E-state index contributed by atoms with van der Waals surface area (Å²) in [6.45, 7) is 0. The number of nitrogens with zero attached hydrogens (tertiary/aromatic N) is 2. The lowest BCUT2D eigenvalue weighted by Crippen LogP contribution is -2.40. The Morgan fingerprint density at radius 3 is 2.52 bits per heavy atom. The third kappa shape index (κ3) is 3.42. The van der Waals surface area contributed by atoms with Gasteiger partial charge in [-0.25, -0.2) is 4.39 Å². The number of halogens is 2. The number of anilines is 1. The summed E-state index contributed by atoms with van der Waals surface area (Å²) in [5.74, 6) is -1.18. The molecule has 29 heavy (non-hydrogen) atoms. The van der Waals surface area contributed by atoms with E-state index in [1.165, 1.54) is 35.2 Å². The fourth-order valence-corrected chi connectivity index (χ4v) is 4.24. The number of nitro groups is 1. The van der Waals surface area contributed by atoms with Crippen LogP contribution in [0.3, 0.4) is 0 Å². The summed E-state index contributed by atoms with van der Waals surface area (Å²) < 4.78 is 13.3. The van der Waals surface area contributed by atoms with Gasteiger partial charge in [0.1, 0.15) is 10.8 Å². The topological polar surface area (TPSA) is 80.5 Å². The Hall–Kier alpha value is -3.06. The molecule has 0 spiro atoms. The zero-order chi connectivity index (χ0) is 20.7. The van der Waals surface area contributed by atoms with Crippen LogP contribution in [0, 0.1) is 15.9 Å². The Bertz CT molecular complexity index is 1060. The molecule has 1 aliphatic heterocycles. The lowest BCUT2D eigenvalue weighted by Gasteiger charge is -2.38. The van der Waals surface area contributed by atoms with Gasteiger partial charge in [-0.3, -0.25) is 24.6 Å². The maximum Gasteiger partial charge on any atom is 0.289 e. The molecule has 8 heteroatoms. The van der Waals surface area contributed by atoms with Crippen molar-refractivity contribution >= 4 is 34.7 Å². The molecule has 1 heterocycles. The zero-order valence-electron chi connectivity index (χ0n) is 15.2. The molecule has 0 saturated heterocycles. The number of hydrogen-bond acceptors (Lipinski definition) is 4. The van der Waals surface area contributed by atoms with Crippen LogP contribution in [0.25, 0.3) is 0 Å². The van der Waals surface area contributed by atoms with Crippen molar-refractivity contribution in [3.05, 3.63) is 80.3 Å². The van der Waals surface area contributed by atoms with Crippen molar-refractivity contribution in [2.45, 2.75) is 31.6 Å². The van der Waals surface area contributed by atoms with Crippen LogP contribution in [0.4, 0.5) is 15.8 Å². The van der Waals surface area contributed by atoms with E-state index in [9.17, 15) is 24.1 Å². The molecule has 0 saturated carbocycles. The lowest BCUT2D eigenvalue weighted by atomic mass is 9.77. The number of hydrogen-bond donors (Lipinski definition) is 0. The number of carbonyl (C=O) groups excluding carboxylic acids is 2. The maximum absolute atomic E-state index is 13.3. The number of allylic oxidation sites excluding steroid dienone is 2. The van der Waals surface area contributed by atoms with Gasteiger partial charge in [-0.2, -0.15) is 0 Å². The van der Waals surface area contributed by atoms with Crippen LogP contribution in [-0.4, -0.2) is 16.6 Å². The minimum absolute atomic E-state index is 0.0205. The fourth-order valence-electron chi connectivity index (χ4n) is 4.05. The van der Waals surface area contributed by atoms with Crippen LogP contribution in [0.1, 0.15) is 37.2 Å². The zero-order valence-corrected chi connectivity index (χ0v) is 16.0. The SMILES string of the molecule is O=C1CCCC2=C1C(c1ccc(F)cc1)CC(=O)N2c1ccc(Cl)c([N+](=O)[O-])c1. The van der Waals surface area contributed by atoms with E-state index in [0.717, 1.165) is 0 Å². The van der Waals surface area contributed by atoms with Crippen LogP contribution in [0.5, 0.6) is 0 Å². The van der Waals surface area contributed by atoms with Crippen molar-refractivity contribution in [2.24, 2.45) is 0 Å². The lowest BCUT2D eigenvalue weighted by molar-refractivity contribution is -0.384. The molecule has 148 valence electrons. The molecular formula is C21H16ClFN2O4. The summed E-state index contributed by atoms with van der Waals surface area (Å²) in [4.78, 5) is 37.9. The van der Waals surface area contributed by atoms with Gasteiger partial charge in [-0.05, 0) is 42.7 Å². The molecule has 0 bridgehead atoms. The van der Waals surface area contributed by atoms with Crippen LogP contribution in [-0.2, 0) is 9.59 Å². The predicted octanol–water partition coefficient (Wildman–Crippen LogP) is 4.91. The molecule has 2 aromatic rings. The average Bonchev–Trinajstić information content (AvgIpc) is 2.69. The Kier molecular flexibility index (Phi) is 4.92. The minimum Gasteiger partial charge on any atom is -0.294 e. The van der Waals surface area contributed by atoms with E-state index >= 15 is 0 Å². The van der Waals surface area contributed by atoms with Crippen molar-refractivity contribution in [3.63, 3.8) is 0 Å². The number of benzene rings is 2. The molecule has 2 aliphatic rings. The van der Waals surface area contributed by atoms with Crippen LogP contribution >= 0.6 is 11.6 Å². The van der Waals surface area contributed by atoms with E-state index in [1.807, 2.05) is 0 Å². The highest BCUT2D eigenvalue weighted by atomic mass is 35.5. The summed E-state index contributed by atoms with van der Waals surface area (Å²) in [7, 11) is 0. The molecule has 0 aromatic heterocycles. The Morgan fingerprint density at radius 1 is 1.10 bits per heavy atom. The van der Waals surface area contributed by atoms with Crippen LogP contribution < -0.4 is 4.90 Å². The van der Waals surface area contributed by atoms with Gasteiger partial charge in [-0.1, -0.05) is 23.7 Å². The largest absolute Gasteiger partial charge is 0.294 e. The molecule has 0 fully saturated rings. The van der Waals surface area contributed by atoms with E-state index in [1.54, 1.807) is 12.1 Å². The van der Waals surface area contributed by atoms with Gasteiger partial charge in [0, 0.05) is 36.1 Å². The van der Waals surface area contributed by atoms with Crippen molar-refractivity contribution in [3.8, 4) is 0 Å². The van der Waals surface area contributed by atoms with E-state index in [2.05, 4.69) is 0 Å². The molecule has 6 nitrogen and oxygen atoms in total. The highest BCUT2D eigenvalue weighted by molar-refractivity contribution is 6.32. The van der Waals surface area contributed by atoms with Crippen molar-refractivity contribution < 1.29 is 18.9 Å². The number of amides is 1. The van der Waals surface area contributed by atoms with Gasteiger partial charge < -0.3 is 0 Å². The van der Waals surface area contributed by atoms with Gasteiger partial charge in [0.15, 0.2) is 5.78 Å². The normalized spacial score (nSPS) is 19.4. The molecule has 4 rings (SSSR count). The molecule has 1 atom stereocenters. The smallest absolute Gasteiger partial charge is 0.289 e. The quantitative estimate of drug-likeness (QED) is 0.527. The van der Waals surface area contributed by atoms with Gasteiger partial charge in [0.05, 0.1) is 10.6 Å². The van der Waals surface area contributed by atoms with E-state index in [0.29, 0.717) is 41.8 Å². The van der Waals surface area contributed by atoms with Crippen LogP contribution in [0.15, 0.2) is 53.7 Å². The standard InChI is InChI=1S/C21H16ClFN2O4/c22-16-9-8-14(10-18(16)25(28)29)24-17-2-1-3-19(26)21(17)15(11-20(24)27)12-4-6-13(23)7-5-12/h4-10,15H,1-3,11H2. The monoisotopic (exact) mass is 414 g/mol. The van der Waals surface area contributed by atoms with Crippen LogP contribution in [0.2, 0.25) is 5.02 Å². The molecule has 2 aromatic carbocycles. The summed E-state index contributed by atoms with van der Waals surface area (Å²) in [6.07, 6.45) is 1.49. The molecular weight excluding hydrogens is 399 g/mol. The maximum atomic E-state index is 13.3. The molecule has 1 amide bonds. The molecule has 1 aliphatic carbocycles. The third-order valence-corrected chi connectivity index (χ3v) is 5.65. The second kappa shape index (κ2) is 7.40. The Labute approximate surface area is 170 Å². The number of carbonyl (C=O) groups is 2. The summed E-state index contributed by atoms with van der Waals surface area (Å²) >= 11 is 5.90. The predicted molar refractivity (Wildman–Crippen MR) is 105 cm³/mol. The third-order valence-electron chi connectivity index (χ3n) is 5.33. The summed E-state index contributed by atoms with van der Waals surface area (Å²) in [5.41, 5.74) is 1.79.